The Labute approximate surface area is 149 Å². The number of anilines is 1. The van der Waals surface area contributed by atoms with Gasteiger partial charge in [0.1, 0.15) is 0 Å². The van der Waals surface area contributed by atoms with Gasteiger partial charge < -0.3 is 9.84 Å². The SMILES string of the molecule is C=C(Br)C=C(C)c1noc(-c2ccc(NC(C)CC)cc2Cl)n1. The van der Waals surface area contributed by atoms with Crippen LogP contribution in [0.2, 0.25) is 5.02 Å². The zero-order valence-corrected chi connectivity index (χ0v) is 15.7. The third kappa shape index (κ3) is 4.69. The van der Waals surface area contributed by atoms with Crippen molar-refractivity contribution in [3.05, 3.63) is 46.2 Å². The molecule has 2 aromatic rings. The molecule has 0 aliphatic carbocycles. The van der Waals surface area contributed by atoms with E-state index in [1.54, 1.807) is 0 Å². The van der Waals surface area contributed by atoms with Crippen LogP contribution in [0.3, 0.4) is 0 Å². The molecule has 6 heteroatoms. The second-order valence-corrected chi connectivity index (χ2v) is 6.77. The number of aromatic nitrogens is 2. The molecule has 0 fully saturated rings. The summed E-state index contributed by atoms with van der Waals surface area (Å²) in [5, 5.41) is 7.93. The zero-order chi connectivity index (χ0) is 17.0. The molecular formula is C17H19BrClN3O. The summed E-state index contributed by atoms with van der Waals surface area (Å²) in [4.78, 5) is 4.39. The van der Waals surface area contributed by atoms with Crippen LogP contribution in [0.15, 0.2) is 39.9 Å². The van der Waals surface area contributed by atoms with Crippen molar-refractivity contribution in [1.82, 2.24) is 10.1 Å². The summed E-state index contributed by atoms with van der Waals surface area (Å²) < 4.78 is 6.07. The molecule has 0 saturated carbocycles. The molecule has 0 radical (unpaired) electrons. The summed E-state index contributed by atoms with van der Waals surface area (Å²) in [6.45, 7) is 9.91. The fourth-order valence-electron chi connectivity index (χ4n) is 1.96. The first-order chi connectivity index (χ1) is 10.9. The fourth-order valence-corrected chi connectivity index (χ4v) is 2.56. The highest BCUT2D eigenvalue weighted by Gasteiger charge is 2.14. The third-order valence-corrected chi connectivity index (χ3v) is 3.92. The maximum absolute atomic E-state index is 6.36. The fraction of sp³-hybridized carbons (Fsp3) is 0.294. The van der Waals surface area contributed by atoms with Crippen molar-refractivity contribution in [2.45, 2.75) is 33.2 Å². The maximum Gasteiger partial charge on any atom is 0.259 e. The first-order valence-electron chi connectivity index (χ1n) is 7.34. The van der Waals surface area contributed by atoms with Crippen LogP contribution in [0, 0.1) is 0 Å². The van der Waals surface area contributed by atoms with Gasteiger partial charge in [0, 0.05) is 16.2 Å². The van der Waals surface area contributed by atoms with E-state index in [0.29, 0.717) is 28.3 Å². The predicted octanol–water partition coefficient (Wildman–Crippen LogP) is 5.91. The van der Waals surface area contributed by atoms with Gasteiger partial charge in [0.15, 0.2) is 5.82 Å². The molecule has 0 aliphatic heterocycles. The lowest BCUT2D eigenvalue weighted by Gasteiger charge is -2.13. The Morgan fingerprint density at radius 3 is 2.87 bits per heavy atom. The van der Waals surface area contributed by atoms with Crippen LogP contribution in [0.25, 0.3) is 17.0 Å². The molecule has 1 N–H and O–H groups in total. The van der Waals surface area contributed by atoms with Gasteiger partial charge in [-0.15, -0.1) is 0 Å². The number of allylic oxidation sites excluding steroid dienone is 3. The summed E-state index contributed by atoms with van der Waals surface area (Å²) in [6.07, 6.45) is 2.87. The Morgan fingerprint density at radius 1 is 1.52 bits per heavy atom. The van der Waals surface area contributed by atoms with Gasteiger partial charge in [0.25, 0.3) is 5.89 Å². The van der Waals surface area contributed by atoms with Crippen LogP contribution in [0.4, 0.5) is 5.69 Å². The van der Waals surface area contributed by atoms with E-state index >= 15 is 0 Å². The topological polar surface area (TPSA) is 51.0 Å². The van der Waals surface area contributed by atoms with Crippen molar-refractivity contribution >= 4 is 38.8 Å². The number of nitrogens with zero attached hydrogens (tertiary/aromatic N) is 2. The number of benzene rings is 1. The minimum atomic E-state index is 0.386. The smallest absolute Gasteiger partial charge is 0.259 e. The number of halogens is 2. The average Bonchev–Trinajstić information content (AvgIpc) is 2.96. The van der Waals surface area contributed by atoms with Gasteiger partial charge >= 0.3 is 0 Å². The molecule has 0 bridgehead atoms. The highest BCUT2D eigenvalue weighted by atomic mass is 79.9. The summed E-state index contributed by atoms with van der Waals surface area (Å²) in [7, 11) is 0. The number of rotatable bonds is 6. The van der Waals surface area contributed by atoms with E-state index in [1.165, 1.54) is 0 Å². The van der Waals surface area contributed by atoms with E-state index in [2.05, 4.69) is 51.8 Å². The molecule has 1 heterocycles. The van der Waals surface area contributed by atoms with Crippen molar-refractivity contribution in [1.29, 1.82) is 0 Å². The monoisotopic (exact) mass is 395 g/mol. The largest absolute Gasteiger partial charge is 0.383 e. The second-order valence-electron chi connectivity index (χ2n) is 5.35. The molecule has 23 heavy (non-hydrogen) atoms. The number of hydrogen-bond donors (Lipinski definition) is 1. The highest BCUT2D eigenvalue weighted by molar-refractivity contribution is 9.11. The van der Waals surface area contributed by atoms with E-state index in [1.807, 2.05) is 31.2 Å². The lowest BCUT2D eigenvalue weighted by atomic mass is 10.1. The van der Waals surface area contributed by atoms with Crippen molar-refractivity contribution in [2.24, 2.45) is 0 Å². The van der Waals surface area contributed by atoms with E-state index in [-0.39, 0.29) is 0 Å². The lowest BCUT2D eigenvalue weighted by Crippen LogP contribution is -2.13. The molecule has 2 rings (SSSR count). The molecule has 1 aromatic heterocycles. The van der Waals surface area contributed by atoms with Gasteiger partial charge in [-0.05, 0) is 50.1 Å². The molecule has 1 unspecified atom stereocenters. The van der Waals surface area contributed by atoms with E-state index < -0.39 is 0 Å². The first-order valence-corrected chi connectivity index (χ1v) is 8.51. The Hall–Kier alpha value is -1.59. The summed E-state index contributed by atoms with van der Waals surface area (Å²) in [6, 6.07) is 6.10. The van der Waals surface area contributed by atoms with Crippen LogP contribution < -0.4 is 5.32 Å². The zero-order valence-electron chi connectivity index (χ0n) is 13.4. The van der Waals surface area contributed by atoms with Gasteiger partial charge in [-0.1, -0.05) is 46.2 Å². The van der Waals surface area contributed by atoms with E-state index in [4.69, 9.17) is 16.1 Å². The summed E-state index contributed by atoms with van der Waals surface area (Å²) in [5.74, 6) is 0.909. The highest BCUT2D eigenvalue weighted by Crippen LogP contribution is 2.30. The van der Waals surface area contributed by atoms with Crippen LogP contribution in [0.1, 0.15) is 33.0 Å². The van der Waals surface area contributed by atoms with Crippen LogP contribution in [-0.4, -0.2) is 16.2 Å². The minimum Gasteiger partial charge on any atom is -0.383 e. The Morgan fingerprint density at radius 2 is 2.26 bits per heavy atom. The quantitative estimate of drug-likeness (QED) is 0.616. The lowest BCUT2D eigenvalue weighted by molar-refractivity contribution is 0.428. The van der Waals surface area contributed by atoms with Crippen LogP contribution >= 0.6 is 27.5 Å². The molecule has 4 nitrogen and oxygen atoms in total. The third-order valence-electron chi connectivity index (χ3n) is 3.38. The van der Waals surface area contributed by atoms with Crippen molar-refractivity contribution in [3.8, 4) is 11.5 Å². The Balaban J connectivity index is 2.26. The van der Waals surface area contributed by atoms with E-state index in [9.17, 15) is 0 Å². The van der Waals surface area contributed by atoms with Gasteiger partial charge in [0.05, 0.1) is 10.6 Å². The summed E-state index contributed by atoms with van der Waals surface area (Å²) in [5.41, 5.74) is 2.54. The molecule has 122 valence electrons. The van der Waals surface area contributed by atoms with E-state index in [0.717, 1.165) is 22.2 Å². The number of nitrogens with one attached hydrogen (secondary N) is 1. The first kappa shape index (κ1) is 17.8. The van der Waals surface area contributed by atoms with Crippen LogP contribution in [0.5, 0.6) is 0 Å². The molecule has 0 amide bonds. The minimum absolute atomic E-state index is 0.386. The average molecular weight is 397 g/mol. The summed E-state index contributed by atoms with van der Waals surface area (Å²) >= 11 is 9.64. The molecule has 1 aromatic carbocycles. The van der Waals surface area contributed by atoms with Crippen molar-refractivity contribution in [2.75, 3.05) is 5.32 Å². The molecule has 1 atom stereocenters. The molecule has 0 saturated heterocycles. The van der Waals surface area contributed by atoms with Gasteiger partial charge in [-0.2, -0.15) is 4.98 Å². The van der Waals surface area contributed by atoms with Gasteiger partial charge in [-0.3, -0.25) is 0 Å². The Kier molecular flexibility index (Phi) is 6.02. The van der Waals surface area contributed by atoms with Gasteiger partial charge in [-0.25, -0.2) is 0 Å². The molecule has 0 aliphatic rings. The van der Waals surface area contributed by atoms with Crippen LogP contribution in [-0.2, 0) is 0 Å². The van der Waals surface area contributed by atoms with Crippen molar-refractivity contribution < 1.29 is 4.52 Å². The maximum atomic E-state index is 6.36. The number of hydrogen-bond acceptors (Lipinski definition) is 4. The van der Waals surface area contributed by atoms with Crippen molar-refractivity contribution in [3.63, 3.8) is 0 Å². The van der Waals surface area contributed by atoms with Gasteiger partial charge in [0.2, 0.25) is 0 Å². The molecular weight excluding hydrogens is 378 g/mol. The normalized spacial score (nSPS) is 13.0. The Bertz CT molecular complexity index is 739. The molecule has 0 spiro atoms. The standard InChI is InChI=1S/C17H19BrClN3O/c1-5-12(4)20-13-6-7-14(15(19)9-13)17-21-16(22-23-17)10(2)8-11(3)18/h6-9,12,20H,3,5H2,1-2,4H3. The predicted molar refractivity (Wildman–Crippen MR) is 99.8 cm³/mol. The second kappa shape index (κ2) is 7.79.